The maximum atomic E-state index is 11.8. The van der Waals surface area contributed by atoms with E-state index in [1.807, 2.05) is 0 Å². The summed E-state index contributed by atoms with van der Waals surface area (Å²) < 4.78 is 11.8. The van der Waals surface area contributed by atoms with E-state index in [-0.39, 0.29) is 5.69 Å². The Bertz CT molecular complexity index is 271. The summed E-state index contributed by atoms with van der Waals surface area (Å²) in [6.07, 6.45) is 1.78. The van der Waals surface area contributed by atoms with Crippen LogP contribution in [0.4, 0.5) is 4.39 Å². The molecule has 0 radical (unpaired) electrons. The van der Waals surface area contributed by atoms with E-state index in [9.17, 15) is 9.18 Å². The molecule has 1 aromatic rings. The van der Waals surface area contributed by atoms with Gasteiger partial charge in [0.15, 0.2) is 0 Å². The van der Waals surface area contributed by atoms with E-state index in [1.54, 1.807) is 6.07 Å². The topological polar surface area (TPSA) is 56.0 Å². The van der Waals surface area contributed by atoms with Crippen LogP contribution in [-0.2, 0) is 6.42 Å². The van der Waals surface area contributed by atoms with Gasteiger partial charge in [0.2, 0.25) is 0 Å². The summed E-state index contributed by atoms with van der Waals surface area (Å²) in [5.41, 5.74) is 5.93. The second-order valence-corrected chi connectivity index (χ2v) is 2.35. The second-order valence-electron chi connectivity index (χ2n) is 2.35. The van der Waals surface area contributed by atoms with E-state index in [0.29, 0.717) is 6.42 Å². The lowest BCUT2D eigenvalue weighted by Gasteiger charge is -1.97. The molecular formula is C8H9FN2O. The van der Waals surface area contributed by atoms with Gasteiger partial charge in [-0.3, -0.25) is 14.2 Å². The molecule has 0 saturated heterocycles. The molecule has 1 heterocycles. The van der Waals surface area contributed by atoms with Gasteiger partial charge in [-0.25, -0.2) is 0 Å². The molecule has 12 heavy (non-hydrogen) atoms. The SMILES string of the molecule is NC(=O)c1ccc(CCF)cn1. The second kappa shape index (κ2) is 3.80. The number of halogens is 1. The zero-order chi connectivity index (χ0) is 8.97. The van der Waals surface area contributed by atoms with Gasteiger partial charge >= 0.3 is 0 Å². The van der Waals surface area contributed by atoms with Crippen molar-refractivity contribution in [2.75, 3.05) is 6.67 Å². The number of primary amides is 1. The van der Waals surface area contributed by atoms with Crippen molar-refractivity contribution in [3.05, 3.63) is 29.6 Å². The molecule has 0 bridgehead atoms. The summed E-state index contributed by atoms with van der Waals surface area (Å²) in [5.74, 6) is -0.568. The molecule has 0 aromatic carbocycles. The molecule has 1 rings (SSSR count). The Kier molecular flexibility index (Phi) is 2.74. The molecule has 4 heteroatoms. The van der Waals surface area contributed by atoms with Gasteiger partial charge in [0.1, 0.15) is 5.69 Å². The highest BCUT2D eigenvalue weighted by molar-refractivity contribution is 5.90. The van der Waals surface area contributed by atoms with Gasteiger partial charge < -0.3 is 5.73 Å². The van der Waals surface area contributed by atoms with Crippen molar-refractivity contribution < 1.29 is 9.18 Å². The van der Waals surface area contributed by atoms with E-state index >= 15 is 0 Å². The summed E-state index contributed by atoms with van der Waals surface area (Å²) >= 11 is 0. The third-order valence-electron chi connectivity index (χ3n) is 1.46. The van der Waals surface area contributed by atoms with Gasteiger partial charge in [-0.2, -0.15) is 0 Å². The van der Waals surface area contributed by atoms with E-state index in [1.165, 1.54) is 12.3 Å². The first-order valence-electron chi connectivity index (χ1n) is 3.54. The standard InChI is InChI=1S/C8H9FN2O/c9-4-3-6-1-2-7(8(10)12)11-5-6/h1-2,5H,3-4H2,(H2,10,12). The molecule has 1 aromatic heterocycles. The first-order chi connectivity index (χ1) is 5.74. The zero-order valence-corrected chi connectivity index (χ0v) is 6.46. The Morgan fingerprint density at radius 1 is 1.58 bits per heavy atom. The van der Waals surface area contributed by atoms with Crippen molar-refractivity contribution in [2.45, 2.75) is 6.42 Å². The van der Waals surface area contributed by atoms with Gasteiger partial charge in [-0.05, 0) is 11.6 Å². The molecule has 0 aliphatic rings. The highest BCUT2D eigenvalue weighted by Crippen LogP contribution is 2.00. The number of carbonyl (C=O) groups excluding carboxylic acids is 1. The largest absolute Gasteiger partial charge is 0.364 e. The fourth-order valence-corrected chi connectivity index (χ4v) is 0.827. The molecule has 0 unspecified atom stereocenters. The van der Waals surface area contributed by atoms with Crippen molar-refractivity contribution in [1.82, 2.24) is 4.98 Å². The Morgan fingerprint density at radius 3 is 2.75 bits per heavy atom. The smallest absolute Gasteiger partial charge is 0.267 e. The molecule has 3 nitrogen and oxygen atoms in total. The van der Waals surface area contributed by atoms with Crippen LogP contribution in [0.2, 0.25) is 0 Å². The fraction of sp³-hybridized carbons (Fsp3) is 0.250. The molecule has 0 atom stereocenters. The van der Waals surface area contributed by atoms with E-state index in [0.717, 1.165) is 5.56 Å². The highest BCUT2D eigenvalue weighted by atomic mass is 19.1. The number of nitrogens with zero attached hydrogens (tertiary/aromatic N) is 1. The number of aryl methyl sites for hydroxylation is 1. The van der Waals surface area contributed by atoms with E-state index in [2.05, 4.69) is 4.98 Å². The minimum absolute atomic E-state index is 0.206. The lowest BCUT2D eigenvalue weighted by atomic mass is 10.2. The van der Waals surface area contributed by atoms with Gasteiger partial charge in [0.05, 0.1) is 6.67 Å². The van der Waals surface area contributed by atoms with Gasteiger partial charge in [0, 0.05) is 12.6 Å². The molecule has 2 N–H and O–H groups in total. The number of pyridine rings is 1. The highest BCUT2D eigenvalue weighted by Gasteiger charge is 2.00. The number of aromatic nitrogens is 1. The van der Waals surface area contributed by atoms with Gasteiger partial charge in [-0.1, -0.05) is 6.07 Å². The number of nitrogens with two attached hydrogens (primary N) is 1. The van der Waals surface area contributed by atoms with Crippen LogP contribution >= 0.6 is 0 Å². The van der Waals surface area contributed by atoms with E-state index < -0.39 is 12.6 Å². The van der Waals surface area contributed by atoms with Crippen LogP contribution in [0, 0.1) is 0 Å². The molecule has 0 aliphatic heterocycles. The van der Waals surface area contributed by atoms with Crippen molar-refractivity contribution >= 4 is 5.91 Å². The summed E-state index contributed by atoms with van der Waals surface area (Å²) in [5, 5.41) is 0. The van der Waals surface area contributed by atoms with Crippen molar-refractivity contribution in [3.63, 3.8) is 0 Å². The Morgan fingerprint density at radius 2 is 2.33 bits per heavy atom. The number of alkyl halides is 1. The van der Waals surface area contributed by atoms with Crippen LogP contribution in [0.1, 0.15) is 16.1 Å². The van der Waals surface area contributed by atoms with Crippen LogP contribution in [0.5, 0.6) is 0 Å². The summed E-state index contributed by atoms with van der Waals surface area (Å²) in [4.78, 5) is 14.3. The van der Waals surface area contributed by atoms with Crippen LogP contribution in [0.3, 0.4) is 0 Å². The van der Waals surface area contributed by atoms with Crippen LogP contribution in [0.15, 0.2) is 18.3 Å². The Labute approximate surface area is 69.4 Å². The Hall–Kier alpha value is -1.45. The normalized spacial score (nSPS) is 9.75. The molecule has 0 aliphatic carbocycles. The maximum absolute atomic E-state index is 11.8. The number of carbonyl (C=O) groups is 1. The predicted octanol–water partition coefficient (Wildman–Crippen LogP) is 0.693. The minimum Gasteiger partial charge on any atom is -0.364 e. The number of hydrogen-bond acceptors (Lipinski definition) is 2. The third kappa shape index (κ3) is 2.02. The lowest BCUT2D eigenvalue weighted by Crippen LogP contribution is -2.12. The molecule has 1 amide bonds. The molecule has 0 spiro atoms. The predicted molar refractivity (Wildman–Crippen MR) is 42.4 cm³/mol. The minimum atomic E-state index is -0.568. The first kappa shape index (κ1) is 8.64. The quantitative estimate of drug-likeness (QED) is 0.722. The van der Waals surface area contributed by atoms with Crippen molar-refractivity contribution in [3.8, 4) is 0 Å². The van der Waals surface area contributed by atoms with Crippen molar-refractivity contribution in [2.24, 2.45) is 5.73 Å². The molecule has 0 fully saturated rings. The van der Waals surface area contributed by atoms with Crippen LogP contribution < -0.4 is 5.73 Å². The summed E-state index contributed by atoms with van der Waals surface area (Å²) in [6, 6.07) is 3.14. The number of hydrogen-bond donors (Lipinski definition) is 1. The van der Waals surface area contributed by atoms with E-state index in [4.69, 9.17) is 5.73 Å². The zero-order valence-electron chi connectivity index (χ0n) is 6.46. The first-order valence-corrected chi connectivity index (χ1v) is 3.54. The Balaban J connectivity index is 2.78. The lowest BCUT2D eigenvalue weighted by molar-refractivity contribution is 0.0995. The monoisotopic (exact) mass is 168 g/mol. The molecule has 64 valence electrons. The summed E-state index contributed by atoms with van der Waals surface area (Å²) in [7, 11) is 0. The fourth-order valence-electron chi connectivity index (χ4n) is 0.827. The average molecular weight is 168 g/mol. The molecule has 0 saturated carbocycles. The maximum Gasteiger partial charge on any atom is 0.267 e. The van der Waals surface area contributed by atoms with Crippen molar-refractivity contribution in [1.29, 1.82) is 0 Å². The van der Waals surface area contributed by atoms with Crippen LogP contribution in [-0.4, -0.2) is 17.6 Å². The number of rotatable bonds is 3. The van der Waals surface area contributed by atoms with Gasteiger partial charge in [0.25, 0.3) is 5.91 Å². The average Bonchev–Trinajstić information content (AvgIpc) is 2.06. The number of amides is 1. The third-order valence-corrected chi connectivity index (χ3v) is 1.46. The van der Waals surface area contributed by atoms with Crippen LogP contribution in [0.25, 0.3) is 0 Å². The van der Waals surface area contributed by atoms with Gasteiger partial charge in [-0.15, -0.1) is 0 Å². The molecular weight excluding hydrogens is 159 g/mol. The summed E-state index contributed by atoms with van der Waals surface area (Å²) in [6.45, 7) is -0.419.